The lowest BCUT2D eigenvalue weighted by Crippen LogP contribution is -2.06. The van der Waals surface area contributed by atoms with E-state index in [1.54, 1.807) is 12.1 Å². The van der Waals surface area contributed by atoms with Gasteiger partial charge >= 0.3 is 0 Å². The van der Waals surface area contributed by atoms with Gasteiger partial charge in [-0.25, -0.2) is 4.39 Å². The summed E-state index contributed by atoms with van der Waals surface area (Å²) < 4.78 is 24.4. The van der Waals surface area contributed by atoms with Crippen LogP contribution in [0, 0.1) is 5.82 Å². The van der Waals surface area contributed by atoms with Crippen molar-refractivity contribution in [1.82, 2.24) is 0 Å². The van der Waals surface area contributed by atoms with Crippen LogP contribution in [-0.4, -0.2) is 20.0 Å². The average Bonchev–Trinajstić information content (AvgIpc) is 2.49. The molecule has 0 unspecified atom stereocenters. The van der Waals surface area contributed by atoms with Crippen LogP contribution in [0.15, 0.2) is 34.8 Å². The topological polar surface area (TPSA) is 35.5 Å². The summed E-state index contributed by atoms with van der Waals surface area (Å²) in [6, 6.07) is 7.25. The van der Waals surface area contributed by atoms with Gasteiger partial charge in [-0.2, -0.15) is 0 Å². The van der Waals surface area contributed by atoms with E-state index >= 15 is 0 Å². The Balaban J connectivity index is 2.59. The number of methoxy groups -OCH3 is 2. The zero-order valence-electron chi connectivity index (χ0n) is 11.2. The molecule has 0 radical (unpaired) electrons. The second-order valence-electron chi connectivity index (χ2n) is 4.09. The highest BCUT2D eigenvalue weighted by Crippen LogP contribution is 2.38. The lowest BCUT2D eigenvalue weighted by molar-refractivity contribution is 0.103. The molecule has 0 saturated heterocycles. The molecule has 2 rings (SSSR count). The number of ether oxygens (including phenoxy) is 2. The summed E-state index contributed by atoms with van der Waals surface area (Å²) in [6.45, 7) is 0. The van der Waals surface area contributed by atoms with Crippen LogP contribution in [0.1, 0.15) is 15.9 Å². The summed E-state index contributed by atoms with van der Waals surface area (Å²) in [5.74, 6) is -0.248. The molecule has 21 heavy (non-hydrogen) atoms. The average molecular weight is 374 g/mol. The van der Waals surface area contributed by atoms with Gasteiger partial charge in [-0.1, -0.05) is 17.7 Å². The third-order valence-electron chi connectivity index (χ3n) is 2.93. The number of rotatable bonds is 4. The number of carbonyl (C=O) groups is 1. The molecule has 0 amide bonds. The second kappa shape index (κ2) is 6.45. The summed E-state index contributed by atoms with van der Waals surface area (Å²) in [5, 5.41) is -0.212. The highest BCUT2D eigenvalue weighted by Gasteiger charge is 2.22. The molecule has 110 valence electrons. The molecule has 0 heterocycles. The van der Waals surface area contributed by atoms with E-state index in [0.29, 0.717) is 16.0 Å². The van der Waals surface area contributed by atoms with Gasteiger partial charge in [0.1, 0.15) is 21.8 Å². The molecule has 6 heteroatoms. The number of halogens is 3. The third-order valence-corrected chi connectivity index (χ3v) is 4.06. The maximum atomic E-state index is 13.5. The first-order valence-corrected chi connectivity index (χ1v) is 7.07. The molecule has 0 aliphatic rings. The third kappa shape index (κ3) is 2.89. The summed E-state index contributed by atoms with van der Waals surface area (Å²) in [5.41, 5.74) is 0.338. The fraction of sp³-hybridized carbons (Fsp3) is 0.133. The number of ketones is 1. The van der Waals surface area contributed by atoms with Gasteiger partial charge in [-0.3, -0.25) is 4.79 Å². The first-order valence-electron chi connectivity index (χ1n) is 5.90. The van der Waals surface area contributed by atoms with Gasteiger partial charge in [0.25, 0.3) is 0 Å². The Morgan fingerprint density at radius 1 is 1.14 bits per heavy atom. The van der Waals surface area contributed by atoms with Gasteiger partial charge in [0.2, 0.25) is 0 Å². The van der Waals surface area contributed by atoms with Crippen molar-refractivity contribution >= 4 is 33.3 Å². The van der Waals surface area contributed by atoms with Crippen molar-refractivity contribution < 1.29 is 18.7 Å². The van der Waals surface area contributed by atoms with E-state index < -0.39 is 11.6 Å². The molecule has 0 aliphatic heterocycles. The Hall–Kier alpha value is -1.59. The standard InChI is InChI=1S/C15H11BrClFO3/c1-20-11-7-6-9(15(21-2)12(11)16)14(19)8-4-3-5-10(18)13(8)17/h3-7H,1-2H3. The summed E-state index contributed by atoms with van der Waals surface area (Å²) in [7, 11) is 2.94. The Morgan fingerprint density at radius 2 is 1.86 bits per heavy atom. The van der Waals surface area contributed by atoms with Gasteiger partial charge in [0.15, 0.2) is 5.78 Å². The Bertz CT molecular complexity index is 704. The van der Waals surface area contributed by atoms with Crippen LogP contribution in [0.25, 0.3) is 0 Å². The van der Waals surface area contributed by atoms with Crippen molar-refractivity contribution in [3.8, 4) is 11.5 Å². The minimum absolute atomic E-state index is 0.0760. The Morgan fingerprint density at radius 3 is 2.48 bits per heavy atom. The minimum atomic E-state index is -0.644. The van der Waals surface area contributed by atoms with Crippen LogP contribution in [0.5, 0.6) is 11.5 Å². The minimum Gasteiger partial charge on any atom is -0.495 e. The van der Waals surface area contributed by atoms with Gasteiger partial charge < -0.3 is 9.47 Å². The molecule has 0 atom stereocenters. The van der Waals surface area contributed by atoms with Gasteiger partial charge in [0.05, 0.1) is 24.8 Å². The Kier molecular flexibility index (Phi) is 4.85. The number of benzene rings is 2. The van der Waals surface area contributed by atoms with Crippen molar-refractivity contribution in [2.45, 2.75) is 0 Å². The van der Waals surface area contributed by atoms with Crippen molar-refractivity contribution in [3.05, 3.63) is 56.8 Å². The highest BCUT2D eigenvalue weighted by atomic mass is 79.9. The second-order valence-corrected chi connectivity index (χ2v) is 5.26. The molecule has 2 aromatic carbocycles. The first-order chi connectivity index (χ1) is 10.0. The fourth-order valence-electron chi connectivity index (χ4n) is 1.90. The summed E-state index contributed by atoms with van der Waals surface area (Å²) in [4.78, 5) is 12.6. The van der Waals surface area contributed by atoms with Crippen LogP contribution < -0.4 is 9.47 Å². The largest absolute Gasteiger partial charge is 0.495 e. The van der Waals surface area contributed by atoms with Crippen LogP contribution in [0.2, 0.25) is 5.02 Å². The van der Waals surface area contributed by atoms with E-state index in [9.17, 15) is 9.18 Å². The van der Waals surface area contributed by atoms with Crippen molar-refractivity contribution in [3.63, 3.8) is 0 Å². The number of hydrogen-bond acceptors (Lipinski definition) is 3. The molecule has 2 aromatic rings. The van der Waals surface area contributed by atoms with E-state index in [-0.39, 0.29) is 16.1 Å². The molecule has 0 fully saturated rings. The smallest absolute Gasteiger partial charge is 0.198 e. The van der Waals surface area contributed by atoms with Crippen LogP contribution in [0.4, 0.5) is 4.39 Å². The molecule has 0 aromatic heterocycles. The van der Waals surface area contributed by atoms with Crippen LogP contribution >= 0.6 is 27.5 Å². The fourth-order valence-corrected chi connectivity index (χ4v) is 2.78. The zero-order valence-corrected chi connectivity index (χ0v) is 13.6. The zero-order chi connectivity index (χ0) is 15.6. The van der Waals surface area contributed by atoms with Crippen molar-refractivity contribution in [1.29, 1.82) is 0 Å². The van der Waals surface area contributed by atoms with Gasteiger partial charge in [-0.05, 0) is 40.2 Å². The highest BCUT2D eigenvalue weighted by molar-refractivity contribution is 9.10. The number of carbonyl (C=O) groups excluding carboxylic acids is 1. The van der Waals surface area contributed by atoms with Crippen LogP contribution in [0.3, 0.4) is 0 Å². The van der Waals surface area contributed by atoms with E-state index in [0.717, 1.165) is 0 Å². The molecular weight excluding hydrogens is 363 g/mol. The predicted molar refractivity (Wildman–Crippen MR) is 82.1 cm³/mol. The van der Waals surface area contributed by atoms with Crippen LogP contribution in [-0.2, 0) is 0 Å². The molecule has 0 saturated carbocycles. The molecule has 0 spiro atoms. The van der Waals surface area contributed by atoms with E-state index in [1.807, 2.05) is 0 Å². The van der Waals surface area contributed by atoms with Gasteiger partial charge in [0, 0.05) is 5.56 Å². The lowest BCUT2D eigenvalue weighted by Gasteiger charge is -2.13. The molecule has 0 N–H and O–H groups in total. The summed E-state index contributed by atoms with van der Waals surface area (Å²) in [6.07, 6.45) is 0. The summed E-state index contributed by atoms with van der Waals surface area (Å²) >= 11 is 9.18. The van der Waals surface area contributed by atoms with Crippen molar-refractivity contribution in [2.24, 2.45) is 0 Å². The molecule has 3 nitrogen and oxygen atoms in total. The maximum absolute atomic E-state index is 13.5. The maximum Gasteiger partial charge on any atom is 0.198 e. The van der Waals surface area contributed by atoms with Crippen molar-refractivity contribution in [2.75, 3.05) is 14.2 Å². The SMILES string of the molecule is COc1ccc(C(=O)c2cccc(F)c2Cl)c(OC)c1Br. The predicted octanol–water partition coefficient (Wildman–Crippen LogP) is 4.49. The first kappa shape index (κ1) is 15.8. The lowest BCUT2D eigenvalue weighted by atomic mass is 10.0. The number of hydrogen-bond donors (Lipinski definition) is 0. The van der Waals surface area contributed by atoms with E-state index in [1.165, 1.54) is 32.4 Å². The molecular formula is C15H11BrClFO3. The quantitative estimate of drug-likeness (QED) is 0.741. The Labute approximate surface area is 134 Å². The van der Waals surface area contributed by atoms with Gasteiger partial charge in [-0.15, -0.1) is 0 Å². The molecule has 0 bridgehead atoms. The molecule has 0 aliphatic carbocycles. The normalized spacial score (nSPS) is 10.3. The monoisotopic (exact) mass is 372 g/mol. The van der Waals surface area contributed by atoms with E-state index in [2.05, 4.69) is 15.9 Å². The van der Waals surface area contributed by atoms with E-state index in [4.69, 9.17) is 21.1 Å².